The predicted molar refractivity (Wildman–Crippen MR) is 130 cm³/mol. The van der Waals surface area contributed by atoms with Crippen LogP contribution in [0.15, 0.2) is 72.8 Å². The fraction of sp³-hybridized carbons (Fsp3) is 0.231. The van der Waals surface area contributed by atoms with Gasteiger partial charge >= 0.3 is 6.03 Å². The molecule has 162 valence electrons. The first-order valence-electron chi connectivity index (χ1n) is 10.8. The third-order valence-corrected chi connectivity index (χ3v) is 7.49. The van der Waals surface area contributed by atoms with Gasteiger partial charge in [-0.1, -0.05) is 65.7 Å². The van der Waals surface area contributed by atoms with Crippen molar-refractivity contribution in [2.75, 3.05) is 22.5 Å². The molecule has 32 heavy (non-hydrogen) atoms. The fourth-order valence-electron chi connectivity index (χ4n) is 4.55. The topological polar surface area (TPSA) is 52.7 Å². The maximum atomic E-state index is 14.0. The first-order valence-corrected chi connectivity index (χ1v) is 11.7. The van der Waals surface area contributed by atoms with Gasteiger partial charge in [-0.3, -0.25) is 9.69 Å². The Labute approximate surface area is 192 Å². The molecule has 2 heterocycles. The zero-order chi connectivity index (χ0) is 22.3. The van der Waals surface area contributed by atoms with Crippen LogP contribution in [-0.4, -0.2) is 29.1 Å². The summed E-state index contributed by atoms with van der Waals surface area (Å²) in [7, 11) is 0. The molecule has 0 unspecified atom stereocenters. The second-order valence-electron chi connectivity index (χ2n) is 8.34. The van der Waals surface area contributed by atoms with Crippen molar-refractivity contribution in [2.24, 2.45) is 0 Å². The van der Waals surface area contributed by atoms with E-state index in [4.69, 9.17) is 0 Å². The molecule has 1 N–H and O–H groups in total. The summed E-state index contributed by atoms with van der Waals surface area (Å²) in [5, 5.41) is 2.99. The lowest BCUT2D eigenvalue weighted by Gasteiger charge is -2.33. The molecule has 2 aliphatic rings. The monoisotopic (exact) mass is 443 g/mol. The number of benzene rings is 3. The number of amides is 3. The zero-order valence-corrected chi connectivity index (χ0v) is 19.0. The van der Waals surface area contributed by atoms with E-state index < -0.39 is 4.87 Å². The summed E-state index contributed by atoms with van der Waals surface area (Å²) in [6, 6.07) is 23.5. The minimum atomic E-state index is -1.03. The summed E-state index contributed by atoms with van der Waals surface area (Å²) in [5.74, 6) is 0.654. The molecule has 0 aliphatic carbocycles. The van der Waals surface area contributed by atoms with E-state index in [-0.39, 0.29) is 11.9 Å². The number of hydrogen-bond donors (Lipinski definition) is 1. The highest BCUT2D eigenvalue weighted by atomic mass is 32.2. The molecule has 1 saturated heterocycles. The molecule has 0 radical (unpaired) electrons. The summed E-state index contributed by atoms with van der Waals surface area (Å²) in [4.78, 5) is 29.8. The van der Waals surface area contributed by atoms with Crippen molar-refractivity contribution in [1.82, 2.24) is 4.90 Å². The molecule has 1 atom stereocenters. The first kappa shape index (κ1) is 20.6. The Bertz CT molecular complexity index is 1190. The minimum Gasteiger partial charge on any atom is -0.308 e. The summed E-state index contributed by atoms with van der Waals surface area (Å²) in [6.07, 6.45) is 0. The van der Waals surface area contributed by atoms with Crippen LogP contribution in [-0.2, 0) is 16.2 Å². The fourth-order valence-corrected chi connectivity index (χ4v) is 6.01. The second-order valence-corrected chi connectivity index (χ2v) is 9.63. The first-order chi connectivity index (χ1) is 15.5. The van der Waals surface area contributed by atoms with Crippen LogP contribution in [0, 0.1) is 13.8 Å². The van der Waals surface area contributed by atoms with E-state index in [1.807, 2.05) is 72.5 Å². The molecule has 0 bridgehead atoms. The number of nitrogens with zero attached hydrogens (tertiary/aromatic N) is 2. The maximum Gasteiger partial charge on any atom is 0.323 e. The highest BCUT2D eigenvalue weighted by Crippen LogP contribution is 2.54. The smallest absolute Gasteiger partial charge is 0.308 e. The molecule has 0 aromatic heterocycles. The van der Waals surface area contributed by atoms with Crippen LogP contribution in [0.25, 0.3) is 0 Å². The molecule has 3 aromatic carbocycles. The quantitative estimate of drug-likeness (QED) is 0.599. The number of hydrogen-bond acceptors (Lipinski definition) is 3. The number of anilines is 2. The van der Waals surface area contributed by atoms with Gasteiger partial charge in [0.2, 0.25) is 0 Å². The average Bonchev–Trinajstić information content (AvgIpc) is 3.33. The second kappa shape index (κ2) is 8.02. The van der Waals surface area contributed by atoms with Crippen LogP contribution in [0.4, 0.5) is 16.2 Å². The minimum absolute atomic E-state index is 0.0539. The number of urea groups is 1. The van der Waals surface area contributed by atoms with Gasteiger partial charge in [0.1, 0.15) is 0 Å². The largest absolute Gasteiger partial charge is 0.323 e. The van der Waals surface area contributed by atoms with Gasteiger partial charge in [-0.2, -0.15) is 0 Å². The molecule has 6 heteroatoms. The highest BCUT2D eigenvalue weighted by molar-refractivity contribution is 8.01. The Morgan fingerprint density at radius 1 is 1.00 bits per heavy atom. The van der Waals surface area contributed by atoms with E-state index >= 15 is 0 Å². The maximum absolute atomic E-state index is 14.0. The van der Waals surface area contributed by atoms with Crippen LogP contribution < -0.4 is 10.2 Å². The lowest BCUT2D eigenvalue weighted by Crippen LogP contribution is -2.51. The summed E-state index contributed by atoms with van der Waals surface area (Å²) in [6.45, 7) is 5.05. The predicted octanol–water partition coefficient (Wildman–Crippen LogP) is 5.28. The zero-order valence-electron chi connectivity index (χ0n) is 18.2. The number of aryl methyl sites for hydroxylation is 2. The lowest BCUT2D eigenvalue weighted by molar-refractivity contribution is -0.123. The average molecular weight is 444 g/mol. The van der Waals surface area contributed by atoms with Crippen LogP contribution in [0.5, 0.6) is 0 Å². The van der Waals surface area contributed by atoms with E-state index in [2.05, 4.69) is 24.4 Å². The van der Waals surface area contributed by atoms with E-state index in [0.717, 1.165) is 33.6 Å². The standard InChI is InChI=1S/C26H25N3O2S/c1-18-10-12-21(13-11-18)27-25(31)29-14-15-32-26(29)22-8-3-4-9-23(22)28(24(26)30)17-20-7-5-6-19(2)16-20/h3-13,16H,14-15,17H2,1-2H3,(H,27,31)/t26-/m0/s1. The van der Waals surface area contributed by atoms with Crippen molar-refractivity contribution in [3.63, 3.8) is 0 Å². The van der Waals surface area contributed by atoms with Crippen LogP contribution in [0.2, 0.25) is 0 Å². The molecule has 3 amide bonds. The normalized spacial score (nSPS) is 19.5. The molecule has 5 nitrogen and oxygen atoms in total. The molecule has 0 saturated carbocycles. The van der Waals surface area contributed by atoms with E-state index in [1.54, 1.807) is 16.7 Å². The van der Waals surface area contributed by atoms with Gasteiger partial charge in [-0.05, 0) is 37.6 Å². The van der Waals surface area contributed by atoms with Gasteiger partial charge in [-0.15, -0.1) is 11.8 Å². The molecule has 1 fully saturated rings. The summed E-state index contributed by atoms with van der Waals surface area (Å²) < 4.78 is 0. The molecule has 5 rings (SSSR count). The van der Waals surface area contributed by atoms with E-state index in [1.165, 1.54) is 0 Å². The van der Waals surface area contributed by atoms with Crippen LogP contribution >= 0.6 is 11.8 Å². The Morgan fingerprint density at radius 2 is 1.78 bits per heavy atom. The van der Waals surface area contributed by atoms with Gasteiger partial charge in [0, 0.05) is 23.5 Å². The Kier molecular flexibility index (Phi) is 5.18. The van der Waals surface area contributed by atoms with E-state index in [9.17, 15) is 9.59 Å². The lowest BCUT2D eigenvalue weighted by atomic mass is 10.1. The number of carbonyl (C=O) groups excluding carboxylic acids is 2. The Hall–Kier alpha value is -3.25. The Balaban J connectivity index is 1.50. The summed E-state index contributed by atoms with van der Waals surface area (Å²) >= 11 is 1.54. The Morgan fingerprint density at radius 3 is 2.56 bits per heavy atom. The van der Waals surface area contributed by atoms with Crippen LogP contribution in [0.3, 0.4) is 0 Å². The van der Waals surface area contributed by atoms with Gasteiger partial charge < -0.3 is 10.2 Å². The third kappa shape index (κ3) is 3.35. The van der Waals surface area contributed by atoms with Gasteiger partial charge in [0.15, 0.2) is 4.87 Å². The van der Waals surface area contributed by atoms with Crippen molar-refractivity contribution < 1.29 is 9.59 Å². The van der Waals surface area contributed by atoms with Gasteiger partial charge in [0.25, 0.3) is 5.91 Å². The highest BCUT2D eigenvalue weighted by Gasteiger charge is 2.59. The van der Waals surface area contributed by atoms with Crippen molar-refractivity contribution >= 4 is 35.1 Å². The number of fused-ring (bicyclic) bond motifs is 2. The number of thioether (sulfide) groups is 1. The molecule has 3 aromatic rings. The van der Waals surface area contributed by atoms with Crippen molar-refractivity contribution in [2.45, 2.75) is 25.3 Å². The SMILES string of the molecule is Cc1ccc(NC(=O)N2CCS[C@@]23C(=O)N(Cc2cccc(C)c2)c2ccccc23)cc1. The number of rotatable bonds is 3. The molecule has 2 aliphatic heterocycles. The molecular formula is C26H25N3O2S. The van der Waals surface area contributed by atoms with Crippen molar-refractivity contribution in [1.29, 1.82) is 0 Å². The van der Waals surface area contributed by atoms with Crippen LogP contribution in [0.1, 0.15) is 22.3 Å². The van der Waals surface area contributed by atoms with Gasteiger partial charge in [-0.25, -0.2) is 4.79 Å². The summed E-state index contributed by atoms with van der Waals surface area (Å²) in [5.41, 5.74) is 5.85. The van der Waals surface area contributed by atoms with Gasteiger partial charge in [0.05, 0.1) is 12.2 Å². The molecular weight excluding hydrogens is 418 g/mol. The third-order valence-electron chi connectivity index (χ3n) is 6.07. The molecule has 1 spiro atoms. The van der Waals surface area contributed by atoms with Crippen molar-refractivity contribution in [3.8, 4) is 0 Å². The number of para-hydroxylation sites is 1. The number of carbonyl (C=O) groups is 2. The van der Waals surface area contributed by atoms with Crippen molar-refractivity contribution in [3.05, 3.63) is 95.1 Å². The number of nitrogens with one attached hydrogen (secondary N) is 1. The van der Waals surface area contributed by atoms with E-state index in [0.29, 0.717) is 18.8 Å².